The Hall–Kier alpha value is -1.84. The number of amides is 1. The van der Waals surface area contributed by atoms with E-state index in [2.05, 4.69) is 15.0 Å². The number of aliphatic hydroxyl groups is 2. The highest BCUT2D eigenvalue weighted by atomic mass is 32.1. The Morgan fingerprint density at radius 2 is 2.20 bits per heavy atom. The second-order valence-corrected chi connectivity index (χ2v) is 7.68. The third-order valence-corrected chi connectivity index (χ3v) is 5.95. The van der Waals surface area contributed by atoms with Crippen LogP contribution < -0.4 is 11.5 Å². The molecule has 1 saturated carbocycles. The van der Waals surface area contributed by atoms with E-state index in [0.717, 1.165) is 22.7 Å². The van der Waals surface area contributed by atoms with Crippen LogP contribution in [0.25, 0.3) is 0 Å². The lowest BCUT2D eigenvalue weighted by atomic mass is 10.1. The van der Waals surface area contributed by atoms with Gasteiger partial charge in [0.15, 0.2) is 0 Å². The molecular formula is C16H23N5O3S. The molecule has 4 atom stereocenters. The van der Waals surface area contributed by atoms with E-state index in [4.69, 9.17) is 11.5 Å². The third kappa shape index (κ3) is 3.58. The molecule has 4 unspecified atom stereocenters. The summed E-state index contributed by atoms with van der Waals surface area (Å²) in [6, 6.07) is -0.230. The van der Waals surface area contributed by atoms with Crippen molar-refractivity contribution in [2.75, 3.05) is 13.2 Å². The molecule has 1 aliphatic carbocycles. The lowest BCUT2D eigenvalue weighted by molar-refractivity contribution is -0.118. The van der Waals surface area contributed by atoms with Crippen LogP contribution in [0.2, 0.25) is 0 Å². The van der Waals surface area contributed by atoms with Gasteiger partial charge in [-0.05, 0) is 19.8 Å². The van der Waals surface area contributed by atoms with Gasteiger partial charge in [-0.2, -0.15) is 0 Å². The van der Waals surface area contributed by atoms with Crippen LogP contribution in [0, 0.1) is 5.92 Å². The number of carbonyl (C=O) groups is 1. The maximum Gasteiger partial charge on any atom is 0.235 e. The van der Waals surface area contributed by atoms with Gasteiger partial charge in [0.1, 0.15) is 16.8 Å². The number of amidine groups is 1. The van der Waals surface area contributed by atoms with Crippen molar-refractivity contribution in [3.8, 4) is 0 Å². The molecule has 2 heterocycles. The highest BCUT2D eigenvalue weighted by molar-refractivity contribution is 7.12. The number of thiazole rings is 1. The number of carbonyl (C=O) groups excluding carboxylic acids is 1. The minimum absolute atomic E-state index is 0.0931. The number of fused-ring (bicyclic) bond motifs is 1. The van der Waals surface area contributed by atoms with Crippen LogP contribution in [0.15, 0.2) is 9.98 Å². The summed E-state index contributed by atoms with van der Waals surface area (Å²) in [6.07, 6.45) is 1.13. The number of aromatic nitrogens is 1. The van der Waals surface area contributed by atoms with Gasteiger partial charge in [0.25, 0.3) is 0 Å². The molecule has 1 aromatic rings. The van der Waals surface area contributed by atoms with E-state index in [9.17, 15) is 15.0 Å². The Labute approximate surface area is 149 Å². The predicted molar refractivity (Wildman–Crippen MR) is 96.1 cm³/mol. The summed E-state index contributed by atoms with van der Waals surface area (Å²) >= 11 is 1.42. The summed E-state index contributed by atoms with van der Waals surface area (Å²) in [6.45, 7) is 2.52. The zero-order chi connectivity index (χ0) is 18.1. The number of hydrogen-bond donors (Lipinski definition) is 4. The highest BCUT2D eigenvalue weighted by Gasteiger charge is 2.34. The van der Waals surface area contributed by atoms with Crippen molar-refractivity contribution in [2.24, 2.45) is 27.4 Å². The highest BCUT2D eigenvalue weighted by Crippen LogP contribution is 2.31. The van der Waals surface area contributed by atoms with Crippen molar-refractivity contribution >= 4 is 28.8 Å². The second kappa shape index (κ2) is 7.19. The molecule has 8 nitrogen and oxygen atoms in total. The lowest BCUT2D eigenvalue weighted by Crippen LogP contribution is -2.34. The average molecular weight is 365 g/mol. The first kappa shape index (κ1) is 18.0. The molecule has 1 amide bonds. The fraction of sp³-hybridized carbons (Fsp3) is 0.625. The molecule has 3 rings (SSSR count). The molecule has 2 aliphatic rings. The molecule has 0 spiro atoms. The van der Waals surface area contributed by atoms with E-state index in [0.29, 0.717) is 24.4 Å². The van der Waals surface area contributed by atoms with Crippen molar-refractivity contribution in [3.05, 3.63) is 15.6 Å². The van der Waals surface area contributed by atoms with Crippen molar-refractivity contribution in [3.63, 3.8) is 0 Å². The van der Waals surface area contributed by atoms with Crippen LogP contribution in [0.1, 0.15) is 41.3 Å². The maximum absolute atomic E-state index is 12.0. The van der Waals surface area contributed by atoms with Gasteiger partial charge >= 0.3 is 0 Å². The molecule has 6 N–H and O–H groups in total. The molecule has 9 heteroatoms. The SMILES string of the molecule is CC1=NCCc2sc(C(C(N)=O)C(N)=NC3CC(O)C(CO)C3)nc21. The third-order valence-electron chi connectivity index (χ3n) is 4.77. The van der Waals surface area contributed by atoms with Crippen LogP contribution >= 0.6 is 11.3 Å². The molecule has 0 aromatic carbocycles. The summed E-state index contributed by atoms with van der Waals surface area (Å²) in [5.41, 5.74) is 13.3. The molecule has 0 radical (unpaired) electrons. The summed E-state index contributed by atoms with van der Waals surface area (Å²) in [4.78, 5) is 26.4. The summed E-state index contributed by atoms with van der Waals surface area (Å²) < 4.78 is 0. The molecule has 0 bridgehead atoms. The van der Waals surface area contributed by atoms with Crippen molar-refractivity contribution in [1.82, 2.24) is 4.98 Å². The number of aliphatic hydroxyl groups excluding tert-OH is 2. The summed E-state index contributed by atoms with van der Waals surface area (Å²) in [5, 5.41) is 19.7. The number of primary amides is 1. The molecule has 1 aliphatic heterocycles. The minimum Gasteiger partial charge on any atom is -0.396 e. The van der Waals surface area contributed by atoms with Crippen LogP contribution in [0.5, 0.6) is 0 Å². The van der Waals surface area contributed by atoms with Crippen LogP contribution in [0.4, 0.5) is 0 Å². The normalized spacial score (nSPS) is 27.7. The zero-order valence-corrected chi connectivity index (χ0v) is 14.9. The fourth-order valence-corrected chi connectivity index (χ4v) is 4.63. The van der Waals surface area contributed by atoms with Gasteiger partial charge in [0.05, 0.1) is 23.6 Å². The first-order valence-electron chi connectivity index (χ1n) is 8.33. The topological polar surface area (TPSA) is 147 Å². The number of rotatable bonds is 5. The van der Waals surface area contributed by atoms with Gasteiger partial charge in [-0.15, -0.1) is 11.3 Å². The van der Waals surface area contributed by atoms with Crippen molar-refractivity contribution < 1.29 is 15.0 Å². The largest absolute Gasteiger partial charge is 0.396 e. The van der Waals surface area contributed by atoms with Crippen LogP contribution in [0.3, 0.4) is 0 Å². The number of nitrogens with two attached hydrogens (primary N) is 2. The molecule has 1 aromatic heterocycles. The van der Waals surface area contributed by atoms with Crippen molar-refractivity contribution in [2.45, 2.75) is 44.2 Å². The lowest BCUT2D eigenvalue weighted by Gasteiger charge is -2.12. The monoisotopic (exact) mass is 365 g/mol. The summed E-state index contributed by atoms with van der Waals surface area (Å²) in [5.74, 6) is -1.57. The van der Waals surface area contributed by atoms with E-state index < -0.39 is 17.9 Å². The predicted octanol–water partition coefficient (Wildman–Crippen LogP) is -0.434. The smallest absolute Gasteiger partial charge is 0.235 e. The first-order valence-corrected chi connectivity index (χ1v) is 9.14. The van der Waals surface area contributed by atoms with Gasteiger partial charge < -0.3 is 21.7 Å². The van der Waals surface area contributed by atoms with E-state index >= 15 is 0 Å². The number of hydrogen-bond acceptors (Lipinski definition) is 7. The number of aliphatic imine (C=N–C) groups is 2. The maximum atomic E-state index is 12.0. The molecule has 0 saturated heterocycles. The first-order chi connectivity index (χ1) is 11.9. The minimum atomic E-state index is -0.881. The Balaban J connectivity index is 1.86. The van der Waals surface area contributed by atoms with E-state index in [-0.39, 0.29) is 24.4 Å². The van der Waals surface area contributed by atoms with Gasteiger partial charge in [-0.3, -0.25) is 14.8 Å². The van der Waals surface area contributed by atoms with E-state index in [1.54, 1.807) is 0 Å². The molecule has 25 heavy (non-hydrogen) atoms. The Kier molecular flexibility index (Phi) is 5.16. The number of nitrogens with zero attached hydrogens (tertiary/aromatic N) is 3. The van der Waals surface area contributed by atoms with Gasteiger partial charge in [0.2, 0.25) is 5.91 Å². The molecule has 136 valence electrons. The summed E-state index contributed by atoms with van der Waals surface area (Å²) in [7, 11) is 0. The Morgan fingerprint density at radius 1 is 1.44 bits per heavy atom. The van der Waals surface area contributed by atoms with E-state index in [1.807, 2.05) is 6.92 Å². The average Bonchev–Trinajstić information content (AvgIpc) is 3.11. The van der Waals surface area contributed by atoms with Crippen molar-refractivity contribution in [1.29, 1.82) is 0 Å². The van der Waals surface area contributed by atoms with Crippen LogP contribution in [-0.2, 0) is 11.2 Å². The Bertz CT molecular complexity index is 729. The van der Waals surface area contributed by atoms with Crippen LogP contribution in [-0.4, -0.2) is 57.9 Å². The fourth-order valence-electron chi connectivity index (χ4n) is 3.40. The van der Waals surface area contributed by atoms with E-state index in [1.165, 1.54) is 11.3 Å². The van der Waals surface area contributed by atoms with Gasteiger partial charge in [-0.1, -0.05) is 0 Å². The zero-order valence-electron chi connectivity index (χ0n) is 14.1. The van der Waals surface area contributed by atoms with Gasteiger partial charge in [0, 0.05) is 30.4 Å². The Morgan fingerprint density at radius 3 is 2.80 bits per heavy atom. The second-order valence-electron chi connectivity index (χ2n) is 6.57. The molecule has 1 fully saturated rings. The van der Waals surface area contributed by atoms with Gasteiger partial charge in [-0.25, -0.2) is 4.98 Å². The molecular weight excluding hydrogens is 342 g/mol. The standard InChI is InChI=1S/C16H23N5O3S/c1-7-13-11(2-3-19-7)25-16(21-13)12(15(18)24)14(17)20-9-4-8(6-22)10(23)5-9/h8-10,12,22-23H,2-6H2,1H3,(H2,17,20)(H2,18,24). The quantitative estimate of drug-likeness (QED) is 0.413.